The number of nitrogens with zero attached hydrogens (tertiary/aromatic N) is 2. The van der Waals surface area contributed by atoms with Crippen LogP contribution in [0.5, 0.6) is 0 Å². The fraction of sp³-hybridized carbons (Fsp3) is 0.750. The van der Waals surface area contributed by atoms with Crippen molar-refractivity contribution in [3.05, 3.63) is 11.5 Å². The molecule has 1 aromatic rings. The van der Waals surface area contributed by atoms with Gasteiger partial charge in [-0.3, -0.25) is 0 Å². The van der Waals surface area contributed by atoms with Gasteiger partial charge in [0.05, 0.1) is 0 Å². The molecule has 0 spiro atoms. The van der Waals surface area contributed by atoms with E-state index in [0.29, 0.717) is 24.5 Å². The van der Waals surface area contributed by atoms with Gasteiger partial charge >= 0.3 is 0 Å². The molecule has 2 N–H and O–H groups in total. The zero-order valence-corrected chi connectivity index (χ0v) is 13.6. The first kappa shape index (κ1) is 17.4. The van der Waals surface area contributed by atoms with E-state index in [1.54, 1.807) is 13.8 Å². The Morgan fingerprint density at radius 2 is 2.10 bits per heavy atom. The van der Waals surface area contributed by atoms with Crippen molar-refractivity contribution < 1.29 is 12.9 Å². The average molecular weight is 324 g/mol. The lowest BCUT2D eigenvalue weighted by Crippen LogP contribution is -2.51. The van der Waals surface area contributed by atoms with Crippen LogP contribution in [0.4, 0.5) is 0 Å². The minimum absolute atomic E-state index is 0. The third-order valence-electron chi connectivity index (χ3n) is 3.84. The molecular formula is C12H22ClN3O3S. The Balaban J connectivity index is 0.00000200. The molecule has 1 fully saturated rings. The largest absolute Gasteiger partial charge is 0.360 e. The topological polar surface area (TPSA) is 89.4 Å². The van der Waals surface area contributed by atoms with Crippen molar-refractivity contribution in [3.63, 3.8) is 0 Å². The van der Waals surface area contributed by atoms with Gasteiger partial charge in [-0.1, -0.05) is 12.1 Å². The summed E-state index contributed by atoms with van der Waals surface area (Å²) in [5.74, 6) is 0.612. The highest BCUT2D eigenvalue weighted by Crippen LogP contribution is 2.31. The van der Waals surface area contributed by atoms with Gasteiger partial charge in [-0.25, -0.2) is 8.42 Å². The van der Waals surface area contributed by atoms with E-state index >= 15 is 0 Å². The van der Waals surface area contributed by atoms with Crippen molar-refractivity contribution in [3.8, 4) is 0 Å². The number of hydrogen-bond donors (Lipinski definition) is 1. The van der Waals surface area contributed by atoms with E-state index in [1.807, 2.05) is 6.92 Å². The molecule has 2 unspecified atom stereocenters. The molecule has 6 nitrogen and oxygen atoms in total. The van der Waals surface area contributed by atoms with Gasteiger partial charge in [0, 0.05) is 19.1 Å². The predicted octanol–water partition coefficient (Wildman–Crippen LogP) is 1.46. The van der Waals surface area contributed by atoms with Crippen LogP contribution in [0.3, 0.4) is 0 Å². The number of aryl methyl sites for hydroxylation is 2. The number of nitrogens with two attached hydrogens (primary N) is 1. The maximum Gasteiger partial charge on any atom is 0.248 e. The Hall–Kier alpha value is -0.630. The van der Waals surface area contributed by atoms with Crippen molar-refractivity contribution in [2.45, 2.75) is 44.6 Å². The molecule has 2 heterocycles. The lowest BCUT2D eigenvalue weighted by atomic mass is 9.93. The molecule has 116 valence electrons. The fourth-order valence-corrected chi connectivity index (χ4v) is 4.89. The molecule has 0 amide bonds. The van der Waals surface area contributed by atoms with Gasteiger partial charge in [0.25, 0.3) is 0 Å². The number of aromatic nitrogens is 1. The van der Waals surface area contributed by atoms with E-state index in [2.05, 4.69) is 5.16 Å². The second kappa shape index (κ2) is 6.43. The normalized spacial score (nSPS) is 24.4. The molecule has 1 aliphatic rings. The molecule has 1 saturated heterocycles. The summed E-state index contributed by atoms with van der Waals surface area (Å²) in [5, 5.41) is 3.74. The van der Waals surface area contributed by atoms with E-state index < -0.39 is 10.0 Å². The standard InChI is InChI=1S/C12H21N3O3S.ClH/c1-8-5-4-6-15(11(8)7-13)19(16,17)12-9(2)14-18-10(12)3;/h8,11H,4-7,13H2,1-3H3;1H. The van der Waals surface area contributed by atoms with Crippen LogP contribution in [0.15, 0.2) is 9.42 Å². The first-order valence-electron chi connectivity index (χ1n) is 6.54. The molecule has 2 rings (SSSR count). The molecule has 0 aromatic carbocycles. The minimum atomic E-state index is -3.58. The minimum Gasteiger partial charge on any atom is -0.360 e. The first-order chi connectivity index (χ1) is 8.89. The zero-order chi connectivity index (χ0) is 14.2. The number of sulfonamides is 1. The first-order valence-corrected chi connectivity index (χ1v) is 7.98. The van der Waals surface area contributed by atoms with Crippen LogP contribution in [0.1, 0.15) is 31.2 Å². The van der Waals surface area contributed by atoms with Crippen molar-refractivity contribution in [1.82, 2.24) is 9.46 Å². The van der Waals surface area contributed by atoms with Crippen LogP contribution in [-0.2, 0) is 10.0 Å². The highest BCUT2D eigenvalue weighted by Gasteiger charge is 2.39. The molecule has 2 atom stereocenters. The summed E-state index contributed by atoms with van der Waals surface area (Å²) in [7, 11) is -3.58. The van der Waals surface area contributed by atoms with Crippen LogP contribution >= 0.6 is 12.4 Å². The Morgan fingerprint density at radius 3 is 2.60 bits per heavy atom. The molecule has 1 aromatic heterocycles. The van der Waals surface area contributed by atoms with Gasteiger partial charge in [0.1, 0.15) is 10.6 Å². The molecule has 0 radical (unpaired) electrons. The Bertz CT molecular complexity index is 539. The van der Waals surface area contributed by atoms with Gasteiger partial charge in [-0.2, -0.15) is 4.31 Å². The lowest BCUT2D eigenvalue weighted by molar-refractivity contribution is 0.192. The van der Waals surface area contributed by atoms with Gasteiger partial charge in [-0.15, -0.1) is 12.4 Å². The Kier molecular flexibility index (Phi) is 5.60. The smallest absolute Gasteiger partial charge is 0.248 e. The van der Waals surface area contributed by atoms with Gasteiger partial charge < -0.3 is 10.3 Å². The summed E-state index contributed by atoms with van der Waals surface area (Å²) in [5.41, 5.74) is 6.17. The highest BCUT2D eigenvalue weighted by atomic mass is 35.5. The van der Waals surface area contributed by atoms with Crippen LogP contribution in [0.25, 0.3) is 0 Å². The Morgan fingerprint density at radius 1 is 1.45 bits per heavy atom. The number of halogens is 1. The van der Waals surface area contributed by atoms with E-state index in [0.717, 1.165) is 12.8 Å². The lowest BCUT2D eigenvalue weighted by Gasteiger charge is -2.38. The third-order valence-corrected chi connectivity index (χ3v) is 6.01. The molecule has 0 bridgehead atoms. The van der Waals surface area contributed by atoms with Crippen LogP contribution in [-0.4, -0.2) is 37.0 Å². The monoisotopic (exact) mass is 323 g/mol. The summed E-state index contributed by atoms with van der Waals surface area (Å²) in [6, 6.07) is -0.146. The number of hydrogen-bond acceptors (Lipinski definition) is 5. The highest BCUT2D eigenvalue weighted by molar-refractivity contribution is 7.89. The summed E-state index contributed by atoms with van der Waals surface area (Å²) >= 11 is 0. The van der Waals surface area contributed by atoms with E-state index in [-0.39, 0.29) is 29.3 Å². The van der Waals surface area contributed by atoms with Crippen LogP contribution < -0.4 is 5.73 Å². The zero-order valence-electron chi connectivity index (χ0n) is 12.0. The van der Waals surface area contributed by atoms with Gasteiger partial charge in [0.15, 0.2) is 5.76 Å². The third kappa shape index (κ3) is 2.86. The van der Waals surface area contributed by atoms with Gasteiger partial charge in [0.2, 0.25) is 10.0 Å². The van der Waals surface area contributed by atoms with Crippen LogP contribution in [0, 0.1) is 19.8 Å². The number of rotatable bonds is 3. The Labute approximate surface area is 126 Å². The van der Waals surface area contributed by atoms with Crippen molar-refractivity contribution in [1.29, 1.82) is 0 Å². The van der Waals surface area contributed by atoms with Crippen molar-refractivity contribution in [2.24, 2.45) is 11.7 Å². The summed E-state index contributed by atoms with van der Waals surface area (Å²) in [6.07, 6.45) is 1.87. The SMILES string of the molecule is Cc1noc(C)c1S(=O)(=O)N1CCCC(C)C1CN.Cl. The van der Waals surface area contributed by atoms with E-state index in [9.17, 15) is 8.42 Å². The number of piperidine rings is 1. The summed E-state index contributed by atoms with van der Waals surface area (Å²) in [4.78, 5) is 0.194. The van der Waals surface area contributed by atoms with E-state index in [4.69, 9.17) is 10.3 Å². The molecule has 1 aliphatic heterocycles. The quantitative estimate of drug-likeness (QED) is 0.909. The molecule has 20 heavy (non-hydrogen) atoms. The predicted molar refractivity (Wildman–Crippen MR) is 78.4 cm³/mol. The van der Waals surface area contributed by atoms with Crippen LogP contribution in [0.2, 0.25) is 0 Å². The van der Waals surface area contributed by atoms with Gasteiger partial charge in [-0.05, 0) is 32.6 Å². The molecule has 8 heteroatoms. The summed E-state index contributed by atoms with van der Waals surface area (Å²) < 4.78 is 32.1. The average Bonchev–Trinajstić information content (AvgIpc) is 2.69. The maximum atomic E-state index is 12.8. The van der Waals surface area contributed by atoms with E-state index in [1.165, 1.54) is 4.31 Å². The second-order valence-corrected chi connectivity index (χ2v) is 7.02. The molecule has 0 aliphatic carbocycles. The second-order valence-electron chi connectivity index (χ2n) is 5.19. The summed E-state index contributed by atoms with van der Waals surface area (Å²) in [6.45, 7) is 6.17. The maximum absolute atomic E-state index is 12.8. The molecular weight excluding hydrogens is 302 g/mol. The molecule has 0 saturated carbocycles. The van der Waals surface area contributed by atoms with Crippen molar-refractivity contribution >= 4 is 22.4 Å². The van der Waals surface area contributed by atoms with Crippen molar-refractivity contribution in [2.75, 3.05) is 13.1 Å². The fourth-order valence-electron chi connectivity index (χ4n) is 2.82.